The van der Waals surface area contributed by atoms with Gasteiger partial charge in [-0.05, 0) is 43.9 Å². The molecule has 0 saturated heterocycles. The fourth-order valence-electron chi connectivity index (χ4n) is 2.68. The number of anilines is 1. The molecule has 0 radical (unpaired) electrons. The molecule has 4 amide bonds. The molecule has 0 aromatic heterocycles. The maximum atomic E-state index is 11.9. The third-order valence-electron chi connectivity index (χ3n) is 4.35. The average molecular weight is 462 g/mol. The number of rotatable bonds is 13. The van der Waals surface area contributed by atoms with Gasteiger partial charge in [0.2, 0.25) is 0 Å². The fourth-order valence-corrected chi connectivity index (χ4v) is 2.68. The Bertz CT molecular complexity index is 912. The number of carboxylic acids is 3. The highest BCUT2D eigenvalue weighted by molar-refractivity contribution is 5.89. The van der Waals surface area contributed by atoms with Gasteiger partial charge in [-0.3, -0.25) is 4.79 Å². The van der Waals surface area contributed by atoms with Crippen LogP contribution < -0.4 is 21.3 Å². The molecule has 0 aliphatic carbocycles. The van der Waals surface area contributed by atoms with E-state index in [2.05, 4.69) is 27.2 Å². The SMILES string of the molecule is C#Cc1cccc(NC(=O)NCCCCC(NC(=O)NC(CCC(=O)O)C(=O)O)C(=O)O)c1. The van der Waals surface area contributed by atoms with Crippen LogP contribution in [-0.2, 0) is 14.4 Å². The quantitative estimate of drug-likeness (QED) is 0.167. The third kappa shape index (κ3) is 11.1. The van der Waals surface area contributed by atoms with Crippen LogP contribution in [0, 0.1) is 12.3 Å². The smallest absolute Gasteiger partial charge is 0.326 e. The van der Waals surface area contributed by atoms with Crippen molar-refractivity contribution in [1.82, 2.24) is 16.0 Å². The number of carbonyl (C=O) groups excluding carboxylic acids is 2. The lowest BCUT2D eigenvalue weighted by molar-refractivity contribution is -0.140. The van der Waals surface area contributed by atoms with E-state index in [9.17, 15) is 29.1 Å². The van der Waals surface area contributed by atoms with Gasteiger partial charge in [0.25, 0.3) is 0 Å². The van der Waals surface area contributed by atoms with Gasteiger partial charge in [0.15, 0.2) is 0 Å². The Morgan fingerprint density at radius 1 is 0.909 bits per heavy atom. The summed E-state index contributed by atoms with van der Waals surface area (Å²) in [6.07, 6.45) is 5.26. The summed E-state index contributed by atoms with van der Waals surface area (Å²) in [4.78, 5) is 56.9. The number of hydrogen-bond donors (Lipinski definition) is 7. The van der Waals surface area contributed by atoms with Crippen molar-refractivity contribution >= 4 is 35.7 Å². The molecule has 0 aliphatic rings. The van der Waals surface area contributed by atoms with Crippen molar-refractivity contribution < 1.29 is 39.3 Å². The van der Waals surface area contributed by atoms with Crippen LogP contribution in [0.5, 0.6) is 0 Å². The zero-order valence-electron chi connectivity index (χ0n) is 17.7. The first kappa shape index (κ1) is 26.8. The normalized spacial score (nSPS) is 11.8. The Balaban J connectivity index is 2.39. The average Bonchev–Trinajstić information content (AvgIpc) is 2.75. The predicted octanol–water partition coefficient (Wildman–Crippen LogP) is 1.03. The first-order chi connectivity index (χ1) is 15.6. The van der Waals surface area contributed by atoms with Gasteiger partial charge in [-0.1, -0.05) is 12.0 Å². The molecule has 0 saturated carbocycles. The zero-order chi connectivity index (χ0) is 24.8. The summed E-state index contributed by atoms with van der Waals surface area (Å²) < 4.78 is 0. The van der Waals surface area contributed by atoms with Crippen LogP contribution in [0.2, 0.25) is 0 Å². The molecule has 12 heteroatoms. The van der Waals surface area contributed by atoms with Crippen molar-refractivity contribution in [3.05, 3.63) is 29.8 Å². The van der Waals surface area contributed by atoms with Crippen molar-refractivity contribution in [2.45, 2.75) is 44.2 Å². The molecule has 33 heavy (non-hydrogen) atoms. The van der Waals surface area contributed by atoms with Crippen LogP contribution in [0.25, 0.3) is 0 Å². The minimum absolute atomic E-state index is 0.0309. The number of carbonyl (C=O) groups is 5. The number of unbranched alkanes of at least 4 members (excludes halogenated alkanes) is 1. The van der Waals surface area contributed by atoms with Gasteiger partial charge < -0.3 is 36.6 Å². The van der Waals surface area contributed by atoms with E-state index in [4.69, 9.17) is 16.6 Å². The number of aliphatic carboxylic acids is 3. The number of benzene rings is 1. The largest absolute Gasteiger partial charge is 0.481 e. The lowest BCUT2D eigenvalue weighted by Crippen LogP contribution is -2.51. The van der Waals surface area contributed by atoms with Crippen molar-refractivity contribution in [2.24, 2.45) is 0 Å². The summed E-state index contributed by atoms with van der Waals surface area (Å²) >= 11 is 0. The number of nitrogens with one attached hydrogen (secondary N) is 4. The molecular weight excluding hydrogens is 436 g/mol. The van der Waals surface area contributed by atoms with Crippen LogP contribution in [-0.4, -0.2) is 63.9 Å². The molecule has 2 unspecified atom stereocenters. The molecule has 1 rings (SSSR count). The summed E-state index contributed by atoms with van der Waals surface area (Å²) in [7, 11) is 0. The molecule has 0 aliphatic heterocycles. The van der Waals surface area contributed by atoms with Crippen LogP contribution >= 0.6 is 0 Å². The van der Waals surface area contributed by atoms with Crippen molar-refractivity contribution in [3.8, 4) is 12.3 Å². The van der Waals surface area contributed by atoms with Crippen molar-refractivity contribution in [1.29, 1.82) is 0 Å². The van der Waals surface area contributed by atoms with E-state index >= 15 is 0 Å². The topological polar surface area (TPSA) is 194 Å². The molecular formula is C21H26N4O8. The van der Waals surface area contributed by atoms with Gasteiger partial charge in [-0.25, -0.2) is 19.2 Å². The van der Waals surface area contributed by atoms with E-state index in [0.29, 0.717) is 24.1 Å². The summed E-state index contributed by atoms with van der Waals surface area (Å²) in [5.74, 6) is -1.53. The number of terminal acetylenes is 1. The van der Waals surface area contributed by atoms with Crippen LogP contribution in [0.3, 0.4) is 0 Å². The maximum absolute atomic E-state index is 11.9. The van der Waals surface area contributed by atoms with E-state index in [0.717, 1.165) is 0 Å². The molecule has 7 N–H and O–H groups in total. The van der Waals surface area contributed by atoms with E-state index in [1.165, 1.54) is 0 Å². The van der Waals surface area contributed by atoms with E-state index in [1.807, 2.05) is 0 Å². The van der Waals surface area contributed by atoms with E-state index < -0.39 is 48.5 Å². The van der Waals surface area contributed by atoms with Crippen molar-refractivity contribution in [3.63, 3.8) is 0 Å². The van der Waals surface area contributed by atoms with Gasteiger partial charge >= 0.3 is 30.0 Å². The standard InChI is InChI=1S/C21H26N4O8/c1-2-13-6-5-7-14(12-13)23-20(32)22-11-4-3-8-15(18(28)29)24-21(33)25-16(19(30)31)9-10-17(26)27/h1,5-7,12,15-16H,3-4,8-11H2,(H,26,27)(H,28,29)(H,30,31)(H2,22,23,32)(H2,24,25,33). The number of carboxylic acid groups (broad SMARTS) is 3. The Labute approximate surface area is 189 Å². The molecule has 0 fully saturated rings. The second-order valence-electron chi connectivity index (χ2n) is 6.93. The van der Waals surface area contributed by atoms with E-state index in [1.54, 1.807) is 24.3 Å². The second-order valence-corrected chi connectivity index (χ2v) is 6.93. The zero-order valence-corrected chi connectivity index (χ0v) is 17.7. The minimum Gasteiger partial charge on any atom is -0.481 e. The van der Waals surface area contributed by atoms with Crippen LogP contribution in [0.1, 0.15) is 37.7 Å². The Kier molecular flexibility index (Phi) is 11.3. The predicted molar refractivity (Wildman–Crippen MR) is 117 cm³/mol. The van der Waals surface area contributed by atoms with Gasteiger partial charge in [-0.2, -0.15) is 0 Å². The molecule has 0 bridgehead atoms. The van der Waals surface area contributed by atoms with Gasteiger partial charge in [0, 0.05) is 24.2 Å². The first-order valence-electron chi connectivity index (χ1n) is 9.98. The minimum atomic E-state index is -1.47. The monoisotopic (exact) mass is 462 g/mol. The molecule has 12 nitrogen and oxygen atoms in total. The summed E-state index contributed by atoms with van der Waals surface area (Å²) in [6, 6.07) is 2.46. The summed E-state index contributed by atoms with van der Waals surface area (Å²) in [5, 5.41) is 36.4. The highest BCUT2D eigenvalue weighted by Crippen LogP contribution is 2.09. The third-order valence-corrected chi connectivity index (χ3v) is 4.35. The number of amides is 4. The Morgan fingerprint density at radius 3 is 2.12 bits per heavy atom. The molecule has 0 spiro atoms. The highest BCUT2D eigenvalue weighted by atomic mass is 16.4. The van der Waals surface area contributed by atoms with Crippen LogP contribution in [0.4, 0.5) is 15.3 Å². The van der Waals surface area contributed by atoms with Crippen molar-refractivity contribution in [2.75, 3.05) is 11.9 Å². The maximum Gasteiger partial charge on any atom is 0.326 e. The number of hydrogen-bond acceptors (Lipinski definition) is 5. The first-order valence-corrected chi connectivity index (χ1v) is 9.98. The Hall–Kier alpha value is -4.27. The summed E-state index contributed by atoms with van der Waals surface area (Å²) in [5.41, 5.74) is 1.13. The molecule has 0 heterocycles. The highest BCUT2D eigenvalue weighted by Gasteiger charge is 2.24. The lowest BCUT2D eigenvalue weighted by Gasteiger charge is -2.18. The van der Waals surface area contributed by atoms with E-state index in [-0.39, 0.29) is 19.4 Å². The Morgan fingerprint density at radius 2 is 1.55 bits per heavy atom. The second kappa shape index (κ2) is 13.9. The molecule has 1 aromatic rings. The molecule has 2 atom stereocenters. The number of urea groups is 2. The molecule has 178 valence electrons. The summed E-state index contributed by atoms with van der Waals surface area (Å²) in [6.45, 7) is 0.246. The fraction of sp³-hybridized carbons (Fsp3) is 0.381. The van der Waals surface area contributed by atoms with Gasteiger partial charge in [-0.15, -0.1) is 6.42 Å². The van der Waals surface area contributed by atoms with Gasteiger partial charge in [0.1, 0.15) is 12.1 Å². The molecule has 1 aromatic carbocycles. The van der Waals surface area contributed by atoms with Crippen LogP contribution in [0.15, 0.2) is 24.3 Å². The van der Waals surface area contributed by atoms with Gasteiger partial charge in [0.05, 0.1) is 0 Å². The lowest BCUT2D eigenvalue weighted by atomic mass is 10.1.